The summed E-state index contributed by atoms with van der Waals surface area (Å²) in [5.74, 6) is 0.980. The SMILES string of the molecule is COC1CCN(C(=O)NC2CCC(c3ccc(-c4cnc([C@@H]5CCCN5C(=O)[C@H](NC(=O)N5CC[C@@H](NC(=O)OCc6ccccc6)C5)c5ccccc5)[nH]4)cc3)CC2)CC1. The van der Waals surface area contributed by atoms with Gasteiger partial charge in [0.15, 0.2) is 0 Å². The van der Waals surface area contributed by atoms with Crippen molar-refractivity contribution < 1.29 is 28.7 Å². The molecule has 3 atom stereocenters. The zero-order valence-corrected chi connectivity index (χ0v) is 35.0. The van der Waals surface area contributed by atoms with E-state index in [1.807, 2.05) is 76.7 Å². The monoisotopic (exact) mass is 830 g/mol. The fourth-order valence-corrected chi connectivity index (χ4v) is 9.34. The van der Waals surface area contributed by atoms with E-state index in [1.165, 1.54) is 5.56 Å². The van der Waals surface area contributed by atoms with Crippen molar-refractivity contribution in [3.8, 4) is 11.3 Å². The fourth-order valence-electron chi connectivity index (χ4n) is 9.34. The predicted molar refractivity (Wildman–Crippen MR) is 230 cm³/mol. The minimum atomic E-state index is -0.899. The third-order valence-electron chi connectivity index (χ3n) is 12.9. The van der Waals surface area contributed by atoms with Crippen LogP contribution in [0.5, 0.6) is 0 Å². The van der Waals surface area contributed by atoms with E-state index in [1.54, 1.807) is 12.0 Å². The molecule has 0 bridgehead atoms. The molecule has 3 aromatic carbocycles. The average Bonchev–Trinajstić information content (AvgIpc) is 4.11. The van der Waals surface area contributed by atoms with Crippen molar-refractivity contribution in [2.75, 3.05) is 39.8 Å². The summed E-state index contributed by atoms with van der Waals surface area (Å²) in [5.41, 5.74) is 4.80. The number of carbonyl (C=O) groups is 4. The van der Waals surface area contributed by atoms with Gasteiger partial charge in [-0.05, 0) is 86.0 Å². The standard InChI is InChI=1S/C47H58N8O6/c1-60-39-23-27-53(28-24-39)45(57)49-37-20-18-34(19-21-37)33-14-16-35(17-15-33)40-29-48-43(51-40)41-13-8-25-55(41)44(56)42(36-11-6-3-7-12-36)52-46(58)54-26-22-38(30-54)50-47(59)61-31-32-9-4-2-5-10-32/h2-7,9-12,14-17,29,34,37-39,41-42H,8,13,18-28,30-31H2,1H3,(H,48,51)(H,49,57)(H,50,59)(H,52,58)/t34?,37?,38-,41+,42-/m1/s1. The number of amides is 6. The van der Waals surface area contributed by atoms with Gasteiger partial charge in [0.2, 0.25) is 5.91 Å². The van der Waals surface area contributed by atoms with Crippen LogP contribution in [-0.2, 0) is 20.9 Å². The maximum Gasteiger partial charge on any atom is 0.407 e. The Morgan fingerprint density at radius 1 is 0.754 bits per heavy atom. The highest BCUT2D eigenvalue weighted by molar-refractivity contribution is 5.89. The van der Waals surface area contributed by atoms with Crippen LogP contribution in [-0.4, -0.2) is 107 Å². The quantitative estimate of drug-likeness (QED) is 0.126. The van der Waals surface area contributed by atoms with Crippen molar-refractivity contribution in [2.45, 2.75) is 101 Å². The van der Waals surface area contributed by atoms with Crippen LogP contribution in [0.4, 0.5) is 14.4 Å². The van der Waals surface area contributed by atoms with Crippen LogP contribution in [0, 0.1) is 0 Å². The van der Waals surface area contributed by atoms with Crippen LogP contribution in [0.1, 0.15) is 98.3 Å². The Bertz CT molecular complexity index is 2080. The number of imidazole rings is 1. The molecular formula is C47H58N8O6. The van der Waals surface area contributed by atoms with Crippen LogP contribution in [0.2, 0.25) is 0 Å². The lowest BCUT2D eigenvalue weighted by atomic mass is 9.81. The van der Waals surface area contributed by atoms with Crippen molar-refractivity contribution >= 4 is 24.1 Å². The normalized spacial score (nSPS) is 22.4. The minimum Gasteiger partial charge on any atom is -0.445 e. The molecule has 6 amide bonds. The number of aromatic nitrogens is 2. The summed E-state index contributed by atoms with van der Waals surface area (Å²) < 4.78 is 10.8. The molecular weight excluding hydrogens is 773 g/mol. The van der Waals surface area contributed by atoms with Crippen molar-refractivity contribution in [1.29, 1.82) is 0 Å². The van der Waals surface area contributed by atoms with Crippen LogP contribution in [0.25, 0.3) is 11.3 Å². The van der Waals surface area contributed by atoms with E-state index in [0.29, 0.717) is 37.5 Å². The van der Waals surface area contributed by atoms with E-state index in [-0.39, 0.29) is 48.8 Å². The molecule has 0 radical (unpaired) electrons. The predicted octanol–water partition coefficient (Wildman–Crippen LogP) is 7.04. The number of hydrogen-bond acceptors (Lipinski definition) is 7. The molecule has 3 saturated heterocycles. The largest absolute Gasteiger partial charge is 0.445 e. The molecule has 4 aromatic rings. The summed E-state index contributed by atoms with van der Waals surface area (Å²) in [6.45, 7) is 2.94. The Hall–Kier alpha value is -5.89. The van der Waals surface area contributed by atoms with Gasteiger partial charge in [-0.15, -0.1) is 0 Å². The molecule has 4 N–H and O–H groups in total. The van der Waals surface area contributed by atoms with Gasteiger partial charge in [0.1, 0.15) is 18.5 Å². The van der Waals surface area contributed by atoms with Gasteiger partial charge in [-0.2, -0.15) is 0 Å². The Labute approximate surface area is 357 Å². The van der Waals surface area contributed by atoms with E-state index >= 15 is 0 Å². The van der Waals surface area contributed by atoms with E-state index in [2.05, 4.69) is 45.2 Å². The lowest BCUT2D eigenvalue weighted by Gasteiger charge is -2.34. The second-order valence-corrected chi connectivity index (χ2v) is 16.8. The number of likely N-dealkylation sites (tertiary alicyclic amines) is 3. The number of alkyl carbamates (subject to hydrolysis) is 1. The smallest absolute Gasteiger partial charge is 0.407 e. The summed E-state index contributed by atoms with van der Waals surface area (Å²) in [4.78, 5) is 67.3. The summed E-state index contributed by atoms with van der Waals surface area (Å²) in [5, 5.41) is 9.19. The van der Waals surface area contributed by atoms with E-state index in [9.17, 15) is 19.2 Å². The van der Waals surface area contributed by atoms with E-state index < -0.39 is 12.1 Å². The number of nitrogens with one attached hydrogen (secondary N) is 4. The highest BCUT2D eigenvalue weighted by Crippen LogP contribution is 2.36. The minimum absolute atomic E-state index is 0.0519. The second-order valence-electron chi connectivity index (χ2n) is 16.8. The average molecular weight is 831 g/mol. The van der Waals surface area contributed by atoms with Gasteiger partial charge < -0.3 is 45.1 Å². The number of piperidine rings is 1. The van der Waals surface area contributed by atoms with Gasteiger partial charge >= 0.3 is 18.2 Å². The molecule has 1 aliphatic carbocycles. The van der Waals surface area contributed by atoms with Gasteiger partial charge in [0, 0.05) is 45.9 Å². The first-order valence-electron chi connectivity index (χ1n) is 21.9. The van der Waals surface area contributed by atoms with Crippen molar-refractivity contribution in [2.24, 2.45) is 0 Å². The van der Waals surface area contributed by atoms with Gasteiger partial charge in [-0.1, -0.05) is 84.9 Å². The third kappa shape index (κ3) is 10.4. The topological polar surface area (TPSA) is 161 Å². The molecule has 1 aromatic heterocycles. The van der Waals surface area contributed by atoms with Crippen molar-refractivity contribution in [1.82, 2.24) is 40.6 Å². The molecule has 1 saturated carbocycles. The Morgan fingerprint density at radius 2 is 1.46 bits per heavy atom. The molecule has 4 fully saturated rings. The van der Waals surface area contributed by atoms with Gasteiger partial charge in [-0.3, -0.25) is 4.79 Å². The summed E-state index contributed by atoms with van der Waals surface area (Å²) in [7, 11) is 1.74. The fraction of sp³-hybridized carbons (Fsp3) is 0.468. The number of ether oxygens (including phenoxy) is 2. The molecule has 4 heterocycles. The molecule has 8 rings (SSSR count). The van der Waals surface area contributed by atoms with Gasteiger partial charge in [0.25, 0.3) is 0 Å². The zero-order valence-electron chi connectivity index (χ0n) is 35.0. The van der Waals surface area contributed by atoms with Crippen LogP contribution in [0.3, 0.4) is 0 Å². The maximum atomic E-state index is 14.5. The number of benzene rings is 3. The van der Waals surface area contributed by atoms with Crippen LogP contribution >= 0.6 is 0 Å². The highest BCUT2D eigenvalue weighted by Gasteiger charge is 2.38. The second kappa shape index (κ2) is 19.7. The Balaban J connectivity index is 0.846. The molecule has 322 valence electrons. The molecule has 3 aliphatic heterocycles. The van der Waals surface area contributed by atoms with Gasteiger partial charge in [0.05, 0.1) is 30.1 Å². The number of aromatic amines is 1. The summed E-state index contributed by atoms with van der Waals surface area (Å²) in [6, 6.07) is 25.9. The number of methoxy groups -OCH3 is 1. The number of hydrogen-bond donors (Lipinski definition) is 4. The Kier molecular flexibility index (Phi) is 13.5. The molecule has 14 heteroatoms. The first-order chi connectivity index (χ1) is 29.8. The lowest BCUT2D eigenvalue weighted by molar-refractivity contribution is -0.134. The number of urea groups is 2. The maximum absolute atomic E-state index is 14.5. The molecule has 0 unspecified atom stereocenters. The van der Waals surface area contributed by atoms with Gasteiger partial charge in [-0.25, -0.2) is 19.4 Å². The summed E-state index contributed by atoms with van der Waals surface area (Å²) >= 11 is 0. The number of rotatable bonds is 11. The highest BCUT2D eigenvalue weighted by atomic mass is 16.5. The van der Waals surface area contributed by atoms with Crippen LogP contribution in [0.15, 0.2) is 91.1 Å². The van der Waals surface area contributed by atoms with E-state index in [4.69, 9.17) is 14.5 Å². The van der Waals surface area contributed by atoms with Crippen molar-refractivity contribution in [3.05, 3.63) is 114 Å². The molecule has 61 heavy (non-hydrogen) atoms. The lowest BCUT2D eigenvalue weighted by Crippen LogP contribution is -2.49. The number of H-pyrrole nitrogens is 1. The Morgan fingerprint density at radius 3 is 2.18 bits per heavy atom. The van der Waals surface area contributed by atoms with Crippen molar-refractivity contribution in [3.63, 3.8) is 0 Å². The third-order valence-corrected chi connectivity index (χ3v) is 12.9. The van der Waals surface area contributed by atoms with Crippen LogP contribution < -0.4 is 16.0 Å². The first kappa shape index (κ1) is 41.8. The first-order valence-corrected chi connectivity index (χ1v) is 21.9. The van der Waals surface area contributed by atoms with E-state index in [0.717, 1.165) is 87.1 Å². The molecule has 4 aliphatic rings. The molecule has 14 nitrogen and oxygen atoms in total. The zero-order chi connectivity index (χ0) is 42.1. The summed E-state index contributed by atoms with van der Waals surface area (Å²) in [6.07, 6.45) is 9.47. The number of carbonyl (C=O) groups excluding carboxylic acids is 4. The number of nitrogens with zero attached hydrogens (tertiary/aromatic N) is 4. The molecule has 0 spiro atoms.